The van der Waals surface area contributed by atoms with E-state index >= 15 is 0 Å². The lowest BCUT2D eigenvalue weighted by Crippen LogP contribution is -2.50. The number of nitrogens with zero attached hydrogens (tertiary/aromatic N) is 2. The number of thioether (sulfide) groups is 1. The van der Waals surface area contributed by atoms with Gasteiger partial charge in [-0.1, -0.05) is 48.5 Å². The molecule has 3 aromatic rings. The Hall–Kier alpha value is -3.12. The van der Waals surface area contributed by atoms with Crippen molar-refractivity contribution in [3.63, 3.8) is 0 Å². The van der Waals surface area contributed by atoms with Gasteiger partial charge in [0, 0.05) is 18.2 Å². The molecular weight excluding hydrogens is 384 g/mol. The monoisotopic (exact) mass is 402 g/mol. The van der Waals surface area contributed by atoms with Gasteiger partial charge < -0.3 is 0 Å². The molecule has 1 spiro atoms. The highest BCUT2D eigenvalue weighted by Gasteiger charge is 2.63. The topological polar surface area (TPSA) is 57.7 Å². The van der Waals surface area contributed by atoms with Crippen LogP contribution in [0.4, 0.5) is 11.4 Å². The van der Waals surface area contributed by atoms with Crippen LogP contribution in [0.5, 0.6) is 0 Å². The average Bonchev–Trinajstić information content (AvgIpc) is 3.13. The summed E-state index contributed by atoms with van der Waals surface area (Å²) in [5.74, 6) is -0.883. The number of carbonyl (C=O) groups is 3. The van der Waals surface area contributed by atoms with E-state index in [2.05, 4.69) is 0 Å². The lowest BCUT2D eigenvalue weighted by molar-refractivity contribution is -0.128. The van der Waals surface area contributed by atoms with E-state index in [9.17, 15) is 14.4 Å². The molecule has 5 nitrogen and oxygen atoms in total. The van der Waals surface area contributed by atoms with Crippen LogP contribution in [0.2, 0.25) is 0 Å². The Morgan fingerprint density at radius 2 is 1.66 bits per heavy atom. The van der Waals surface area contributed by atoms with Gasteiger partial charge in [-0.15, -0.1) is 11.8 Å². The molecule has 2 aliphatic heterocycles. The van der Waals surface area contributed by atoms with Gasteiger partial charge in [-0.2, -0.15) is 0 Å². The summed E-state index contributed by atoms with van der Waals surface area (Å²) in [6.45, 7) is 3.18. The third kappa shape index (κ3) is 2.32. The first-order valence-corrected chi connectivity index (χ1v) is 10.3. The van der Waals surface area contributed by atoms with E-state index in [1.165, 1.54) is 23.6 Å². The second-order valence-electron chi connectivity index (χ2n) is 7.29. The van der Waals surface area contributed by atoms with Gasteiger partial charge >= 0.3 is 0 Å². The van der Waals surface area contributed by atoms with Crippen molar-refractivity contribution in [1.29, 1.82) is 0 Å². The van der Waals surface area contributed by atoms with E-state index in [0.29, 0.717) is 16.9 Å². The van der Waals surface area contributed by atoms with Gasteiger partial charge in [0.2, 0.25) is 16.7 Å². The summed E-state index contributed by atoms with van der Waals surface area (Å²) in [6, 6.07) is 20.9. The number of benzene rings is 3. The molecule has 5 rings (SSSR count). The molecule has 144 valence electrons. The Balaban J connectivity index is 1.77. The quantitative estimate of drug-likeness (QED) is 0.616. The Morgan fingerprint density at radius 3 is 2.41 bits per heavy atom. The predicted molar refractivity (Wildman–Crippen MR) is 115 cm³/mol. The number of anilines is 2. The van der Waals surface area contributed by atoms with Gasteiger partial charge in [0.15, 0.2) is 0 Å². The number of para-hydroxylation sites is 1. The first-order chi connectivity index (χ1) is 13.9. The molecule has 29 heavy (non-hydrogen) atoms. The zero-order valence-corrected chi connectivity index (χ0v) is 16.8. The van der Waals surface area contributed by atoms with Crippen LogP contribution in [-0.4, -0.2) is 23.0 Å². The molecule has 1 fully saturated rings. The van der Waals surface area contributed by atoms with Crippen molar-refractivity contribution < 1.29 is 14.4 Å². The smallest absolute Gasteiger partial charge is 0.275 e. The van der Waals surface area contributed by atoms with Crippen LogP contribution < -0.4 is 9.80 Å². The fourth-order valence-corrected chi connectivity index (χ4v) is 5.81. The van der Waals surface area contributed by atoms with Gasteiger partial charge in [0.05, 0.1) is 10.9 Å². The molecule has 3 amide bonds. The standard InChI is InChI=1S/C23H18N2O3S/c1-14-21(27)25(18-12-11-16-7-3-4-8-17(16)13-18)23(29-14)19-9-5-6-10-20(19)24(15(2)26)22(23)28/h3-14H,1-2H3/t14-,23-/m1/s1. The van der Waals surface area contributed by atoms with E-state index in [1.54, 1.807) is 17.0 Å². The van der Waals surface area contributed by atoms with Gasteiger partial charge in [-0.3, -0.25) is 19.3 Å². The molecule has 0 aromatic heterocycles. The van der Waals surface area contributed by atoms with Crippen molar-refractivity contribution in [3.05, 3.63) is 72.3 Å². The minimum atomic E-state index is -1.28. The van der Waals surface area contributed by atoms with Crippen LogP contribution in [0.3, 0.4) is 0 Å². The summed E-state index contributed by atoms with van der Waals surface area (Å²) < 4.78 is 0. The normalized spacial score (nSPS) is 23.3. The fourth-order valence-electron chi connectivity index (χ4n) is 4.29. The minimum absolute atomic E-state index is 0.140. The predicted octanol–water partition coefficient (Wildman–Crippen LogP) is 4.05. The van der Waals surface area contributed by atoms with Crippen LogP contribution in [0, 0.1) is 0 Å². The maximum Gasteiger partial charge on any atom is 0.275 e. The zero-order valence-electron chi connectivity index (χ0n) is 16.0. The largest absolute Gasteiger partial charge is 0.283 e. The van der Waals surface area contributed by atoms with Crippen LogP contribution in [-0.2, 0) is 19.3 Å². The molecule has 6 heteroatoms. The van der Waals surface area contributed by atoms with Crippen molar-refractivity contribution in [3.8, 4) is 0 Å². The summed E-state index contributed by atoms with van der Waals surface area (Å²) in [4.78, 5) is 40.8. The SMILES string of the molecule is CC(=O)N1C(=O)[C@]2(S[C@H](C)C(=O)N2c2ccc3ccccc3c2)c2ccccc21. The Morgan fingerprint density at radius 1 is 0.966 bits per heavy atom. The number of hydrogen-bond acceptors (Lipinski definition) is 4. The van der Waals surface area contributed by atoms with E-state index in [0.717, 1.165) is 10.8 Å². The van der Waals surface area contributed by atoms with Gasteiger partial charge in [0.1, 0.15) is 0 Å². The molecule has 2 atom stereocenters. The number of carbonyl (C=O) groups excluding carboxylic acids is 3. The van der Waals surface area contributed by atoms with E-state index < -0.39 is 10.1 Å². The lowest BCUT2D eigenvalue weighted by atomic mass is 10.0. The minimum Gasteiger partial charge on any atom is -0.283 e. The Labute approximate surface area is 172 Å². The highest BCUT2D eigenvalue weighted by Crippen LogP contribution is 2.57. The Kier molecular flexibility index (Phi) is 3.83. The van der Waals surface area contributed by atoms with E-state index in [4.69, 9.17) is 0 Å². The van der Waals surface area contributed by atoms with Crippen molar-refractivity contribution in [2.75, 3.05) is 9.80 Å². The maximum absolute atomic E-state index is 13.7. The molecule has 0 unspecified atom stereocenters. The highest BCUT2D eigenvalue weighted by atomic mass is 32.2. The Bertz CT molecular complexity index is 1210. The first kappa shape index (κ1) is 17.9. The molecule has 0 radical (unpaired) electrons. The summed E-state index contributed by atoms with van der Waals surface area (Å²) >= 11 is 1.30. The second kappa shape index (κ2) is 6.19. The molecule has 2 heterocycles. The van der Waals surface area contributed by atoms with Crippen molar-refractivity contribution in [2.24, 2.45) is 0 Å². The van der Waals surface area contributed by atoms with Gasteiger partial charge in [-0.25, -0.2) is 4.90 Å². The number of fused-ring (bicyclic) bond motifs is 3. The molecule has 2 aliphatic rings. The molecule has 0 saturated carbocycles. The van der Waals surface area contributed by atoms with Crippen molar-refractivity contribution >= 4 is 51.6 Å². The number of hydrogen-bond donors (Lipinski definition) is 0. The average molecular weight is 402 g/mol. The second-order valence-corrected chi connectivity index (χ2v) is 8.82. The van der Waals surface area contributed by atoms with Crippen LogP contribution >= 0.6 is 11.8 Å². The number of rotatable bonds is 1. The highest BCUT2D eigenvalue weighted by molar-refractivity contribution is 8.03. The molecule has 0 aliphatic carbocycles. The molecule has 0 N–H and O–H groups in total. The summed E-state index contributed by atoms with van der Waals surface area (Å²) in [6.07, 6.45) is 0. The maximum atomic E-state index is 13.7. The fraction of sp³-hybridized carbons (Fsp3) is 0.174. The third-order valence-corrected chi connectivity index (χ3v) is 7.01. The summed E-state index contributed by atoms with van der Waals surface area (Å²) in [5, 5.41) is 1.63. The summed E-state index contributed by atoms with van der Waals surface area (Å²) in [7, 11) is 0. The first-order valence-electron chi connectivity index (χ1n) is 9.40. The van der Waals surface area contributed by atoms with Gasteiger partial charge in [0.25, 0.3) is 5.91 Å². The van der Waals surface area contributed by atoms with Crippen LogP contribution in [0.25, 0.3) is 10.8 Å². The van der Waals surface area contributed by atoms with Crippen LogP contribution in [0.1, 0.15) is 19.4 Å². The van der Waals surface area contributed by atoms with Crippen LogP contribution in [0.15, 0.2) is 66.7 Å². The molecule has 3 aromatic carbocycles. The molecule has 1 saturated heterocycles. The van der Waals surface area contributed by atoms with E-state index in [-0.39, 0.29) is 17.7 Å². The lowest BCUT2D eigenvalue weighted by Gasteiger charge is -2.33. The number of amides is 3. The summed E-state index contributed by atoms with van der Waals surface area (Å²) in [5.41, 5.74) is 1.88. The van der Waals surface area contributed by atoms with E-state index in [1.807, 2.05) is 61.5 Å². The van der Waals surface area contributed by atoms with Crippen molar-refractivity contribution in [2.45, 2.75) is 24.0 Å². The molecule has 0 bridgehead atoms. The molecular formula is C23H18N2O3S. The zero-order chi connectivity index (χ0) is 20.3. The number of imide groups is 1. The van der Waals surface area contributed by atoms with Gasteiger partial charge in [-0.05, 0) is 35.9 Å². The van der Waals surface area contributed by atoms with Crippen molar-refractivity contribution in [1.82, 2.24) is 0 Å². The third-order valence-electron chi connectivity index (χ3n) is 5.54.